The maximum absolute atomic E-state index is 13.5. The van der Waals surface area contributed by atoms with E-state index in [1.807, 2.05) is 0 Å². The van der Waals surface area contributed by atoms with Gasteiger partial charge >= 0.3 is 0 Å². The molecular formula is C15H22FNO2. The lowest BCUT2D eigenvalue weighted by Gasteiger charge is -2.42. The number of hydrogen-bond acceptors (Lipinski definition) is 3. The largest absolute Gasteiger partial charge is 0.396 e. The minimum Gasteiger partial charge on any atom is -0.396 e. The van der Waals surface area contributed by atoms with E-state index in [1.165, 1.54) is 12.5 Å². The average Bonchev–Trinajstić information content (AvgIpc) is 2.36. The van der Waals surface area contributed by atoms with Crippen LogP contribution in [0.25, 0.3) is 0 Å². The van der Waals surface area contributed by atoms with Crippen LogP contribution in [0.3, 0.4) is 0 Å². The number of hydrogen-bond donors (Lipinski definition) is 3. The van der Waals surface area contributed by atoms with Crippen LogP contribution in [0, 0.1) is 11.2 Å². The molecule has 0 saturated heterocycles. The molecule has 0 amide bonds. The Balaban J connectivity index is 1.81. The number of rotatable bonds is 7. The van der Waals surface area contributed by atoms with Gasteiger partial charge in [-0.1, -0.05) is 24.6 Å². The Morgan fingerprint density at radius 2 is 2.05 bits per heavy atom. The summed E-state index contributed by atoms with van der Waals surface area (Å²) in [6.45, 7) is 1.32. The summed E-state index contributed by atoms with van der Waals surface area (Å²) in [7, 11) is 0. The quantitative estimate of drug-likeness (QED) is 0.708. The predicted octanol–water partition coefficient (Wildman–Crippen LogP) is 2.00. The molecule has 2 rings (SSSR count). The van der Waals surface area contributed by atoms with E-state index in [2.05, 4.69) is 5.32 Å². The summed E-state index contributed by atoms with van der Waals surface area (Å²) in [5.41, 5.74) is 0.517. The van der Waals surface area contributed by atoms with Crippen LogP contribution >= 0.6 is 0 Å². The van der Waals surface area contributed by atoms with Crippen LogP contribution < -0.4 is 5.32 Å². The molecule has 3 nitrogen and oxygen atoms in total. The fourth-order valence-corrected chi connectivity index (χ4v) is 2.76. The van der Waals surface area contributed by atoms with Crippen LogP contribution in [-0.2, 0) is 0 Å². The highest BCUT2D eigenvalue weighted by molar-refractivity contribution is 5.19. The summed E-state index contributed by atoms with van der Waals surface area (Å²) in [5.74, 6) is -0.370. The topological polar surface area (TPSA) is 52.5 Å². The maximum Gasteiger partial charge on any atom is 0.129 e. The van der Waals surface area contributed by atoms with Crippen LogP contribution in [0.4, 0.5) is 4.39 Å². The van der Waals surface area contributed by atoms with Gasteiger partial charge in [0.25, 0.3) is 0 Å². The first-order valence-corrected chi connectivity index (χ1v) is 6.91. The third-order valence-electron chi connectivity index (χ3n) is 4.16. The number of aliphatic hydroxyl groups excluding tert-OH is 2. The molecule has 1 aromatic carbocycles. The van der Waals surface area contributed by atoms with Crippen molar-refractivity contribution in [1.82, 2.24) is 5.32 Å². The van der Waals surface area contributed by atoms with Crippen molar-refractivity contribution in [2.24, 2.45) is 5.41 Å². The van der Waals surface area contributed by atoms with Crippen LogP contribution in [0.15, 0.2) is 24.3 Å². The molecule has 0 heterocycles. The molecule has 3 N–H and O–H groups in total. The normalized spacial score (nSPS) is 18.9. The first-order chi connectivity index (χ1) is 9.17. The van der Waals surface area contributed by atoms with E-state index >= 15 is 0 Å². The highest BCUT2D eigenvalue weighted by Gasteiger charge is 2.35. The van der Waals surface area contributed by atoms with Gasteiger partial charge in [-0.15, -0.1) is 0 Å². The van der Waals surface area contributed by atoms with E-state index in [0.717, 1.165) is 25.8 Å². The van der Waals surface area contributed by atoms with E-state index in [-0.39, 0.29) is 17.8 Å². The SMILES string of the molecule is OCCC1(CNC[C@H](O)c2ccccc2F)CCC1. The van der Waals surface area contributed by atoms with E-state index in [0.29, 0.717) is 12.1 Å². The highest BCUT2D eigenvalue weighted by atomic mass is 19.1. The van der Waals surface area contributed by atoms with Crippen LogP contribution in [0.1, 0.15) is 37.4 Å². The molecule has 0 unspecified atom stereocenters. The van der Waals surface area contributed by atoms with Crippen molar-refractivity contribution >= 4 is 0 Å². The van der Waals surface area contributed by atoms with Crippen LogP contribution in [0.5, 0.6) is 0 Å². The molecular weight excluding hydrogens is 245 g/mol. The second kappa shape index (κ2) is 6.46. The molecule has 1 aliphatic rings. The molecule has 106 valence electrons. The first kappa shape index (κ1) is 14.4. The fourth-order valence-electron chi connectivity index (χ4n) is 2.76. The van der Waals surface area contributed by atoms with Gasteiger partial charge in [0.2, 0.25) is 0 Å². The van der Waals surface area contributed by atoms with Gasteiger partial charge in [0, 0.05) is 25.3 Å². The molecule has 0 radical (unpaired) electrons. The zero-order valence-electron chi connectivity index (χ0n) is 11.1. The number of benzene rings is 1. The third-order valence-corrected chi connectivity index (χ3v) is 4.16. The van der Waals surface area contributed by atoms with E-state index in [1.54, 1.807) is 18.2 Å². The average molecular weight is 267 g/mol. The standard InChI is InChI=1S/C15H22FNO2/c16-13-5-2-1-4-12(13)14(19)10-17-11-15(8-9-18)6-3-7-15/h1-2,4-5,14,17-19H,3,6-11H2/t14-/m0/s1. The summed E-state index contributed by atoms with van der Waals surface area (Å²) in [5, 5.41) is 22.2. The molecule has 0 bridgehead atoms. The van der Waals surface area contributed by atoms with E-state index in [9.17, 15) is 9.50 Å². The molecule has 0 aromatic heterocycles. The number of aliphatic hydroxyl groups is 2. The van der Waals surface area contributed by atoms with Gasteiger partial charge in [0.05, 0.1) is 6.10 Å². The van der Waals surface area contributed by atoms with Gasteiger partial charge in [-0.05, 0) is 30.7 Å². The predicted molar refractivity (Wildman–Crippen MR) is 72.2 cm³/mol. The van der Waals surface area contributed by atoms with Crippen molar-refractivity contribution < 1.29 is 14.6 Å². The highest BCUT2D eigenvalue weighted by Crippen LogP contribution is 2.43. The third kappa shape index (κ3) is 3.53. The molecule has 1 aromatic rings. The van der Waals surface area contributed by atoms with E-state index < -0.39 is 6.10 Å². The van der Waals surface area contributed by atoms with Crippen molar-refractivity contribution in [3.8, 4) is 0 Å². The monoisotopic (exact) mass is 267 g/mol. The summed E-state index contributed by atoms with van der Waals surface area (Å²) in [6.07, 6.45) is 3.42. The molecule has 19 heavy (non-hydrogen) atoms. The van der Waals surface area contributed by atoms with Crippen molar-refractivity contribution in [2.45, 2.75) is 31.8 Å². The molecule has 1 aliphatic carbocycles. The summed E-state index contributed by atoms with van der Waals surface area (Å²) < 4.78 is 13.5. The van der Waals surface area contributed by atoms with E-state index in [4.69, 9.17) is 5.11 Å². The Kier molecular flexibility index (Phi) is 4.91. The zero-order chi connectivity index (χ0) is 13.7. The molecule has 1 fully saturated rings. The van der Waals surface area contributed by atoms with Gasteiger partial charge in [-0.2, -0.15) is 0 Å². The van der Waals surface area contributed by atoms with Crippen LogP contribution in [0.2, 0.25) is 0 Å². The minimum absolute atomic E-state index is 0.184. The maximum atomic E-state index is 13.5. The smallest absolute Gasteiger partial charge is 0.129 e. The number of nitrogens with one attached hydrogen (secondary N) is 1. The Morgan fingerprint density at radius 1 is 1.32 bits per heavy atom. The summed E-state index contributed by atoms with van der Waals surface area (Å²) in [6, 6.07) is 6.30. The van der Waals surface area contributed by atoms with Gasteiger partial charge in [-0.3, -0.25) is 0 Å². The first-order valence-electron chi connectivity index (χ1n) is 6.91. The second-order valence-corrected chi connectivity index (χ2v) is 5.50. The lowest BCUT2D eigenvalue weighted by Crippen LogP contribution is -2.41. The van der Waals surface area contributed by atoms with Crippen LogP contribution in [-0.4, -0.2) is 29.9 Å². The molecule has 0 aliphatic heterocycles. The Morgan fingerprint density at radius 3 is 2.63 bits per heavy atom. The molecule has 1 atom stereocenters. The molecule has 1 saturated carbocycles. The van der Waals surface area contributed by atoms with Crippen molar-refractivity contribution in [1.29, 1.82) is 0 Å². The minimum atomic E-state index is -0.826. The van der Waals surface area contributed by atoms with Crippen molar-refractivity contribution in [3.05, 3.63) is 35.6 Å². The zero-order valence-corrected chi connectivity index (χ0v) is 11.1. The molecule has 0 spiro atoms. The van der Waals surface area contributed by atoms with Gasteiger partial charge in [-0.25, -0.2) is 4.39 Å². The number of halogens is 1. The van der Waals surface area contributed by atoms with Gasteiger partial charge < -0.3 is 15.5 Å². The van der Waals surface area contributed by atoms with Gasteiger partial charge in [0.15, 0.2) is 0 Å². The Labute approximate surface area is 113 Å². The van der Waals surface area contributed by atoms with Crippen molar-refractivity contribution in [3.63, 3.8) is 0 Å². The van der Waals surface area contributed by atoms with Gasteiger partial charge in [0.1, 0.15) is 5.82 Å². The molecule has 4 heteroatoms. The summed E-state index contributed by atoms with van der Waals surface area (Å²) >= 11 is 0. The Bertz CT molecular complexity index is 407. The second-order valence-electron chi connectivity index (χ2n) is 5.50. The lowest BCUT2D eigenvalue weighted by atomic mass is 9.67. The Hall–Kier alpha value is -0.970. The lowest BCUT2D eigenvalue weighted by molar-refractivity contribution is 0.0792. The fraction of sp³-hybridized carbons (Fsp3) is 0.600. The summed E-state index contributed by atoms with van der Waals surface area (Å²) in [4.78, 5) is 0. The van der Waals surface area contributed by atoms with Crippen molar-refractivity contribution in [2.75, 3.05) is 19.7 Å².